The molecule has 3 rings (SSSR count). The van der Waals surface area contributed by atoms with Crippen LogP contribution in [-0.4, -0.2) is 20.7 Å². The van der Waals surface area contributed by atoms with Crippen LogP contribution in [0.3, 0.4) is 0 Å². The van der Waals surface area contributed by atoms with Crippen LogP contribution in [0.25, 0.3) is 5.82 Å². The van der Waals surface area contributed by atoms with Crippen LogP contribution in [0.15, 0.2) is 48.8 Å². The molecule has 0 radical (unpaired) electrons. The highest BCUT2D eigenvalue weighted by Crippen LogP contribution is 2.19. The molecule has 2 heterocycles. The quantitative estimate of drug-likeness (QED) is 0.549. The van der Waals surface area contributed by atoms with Crippen molar-refractivity contribution in [2.75, 3.05) is 0 Å². The van der Waals surface area contributed by atoms with Crippen molar-refractivity contribution in [3.8, 4) is 11.6 Å². The van der Waals surface area contributed by atoms with Crippen molar-refractivity contribution < 1.29 is 9.53 Å². The number of esters is 1. The number of nitrogens with zero attached hydrogens (tertiary/aromatic N) is 3. The van der Waals surface area contributed by atoms with Crippen molar-refractivity contribution in [2.45, 2.75) is 20.8 Å². The first kappa shape index (κ1) is 15.0. The lowest BCUT2D eigenvalue weighted by Crippen LogP contribution is -2.10. The maximum atomic E-state index is 12.4. The van der Waals surface area contributed by atoms with Crippen LogP contribution in [0.4, 0.5) is 0 Å². The summed E-state index contributed by atoms with van der Waals surface area (Å²) >= 11 is 0. The molecule has 0 unspecified atom stereocenters. The van der Waals surface area contributed by atoms with Crippen molar-refractivity contribution >= 4 is 5.97 Å². The highest BCUT2D eigenvalue weighted by Gasteiger charge is 2.17. The summed E-state index contributed by atoms with van der Waals surface area (Å²) in [6.45, 7) is 5.75. The number of aryl methyl sites for hydroxylation is 2. The van der Waals surface area contributed by atoms with Crippen LogP contribution in [-0.2, 0) is 0 Å². The fourth-order valence-electron chi connectivity index (χ4n) is 2.47. The van der Waals surface area contributed by atoms with Gasteiger partial charge >= 0.3 is 5.97 Å². The summed E-state index contributed by atoms with van der Waals surface area (Å²) < 4.78 is 7.10. The van der Waals surface area contributed by atoms with Gasteiger partial charge in [-0.05, 0) is 56.2 Å². The molecule has 2 aromatic heterocycles. The first-order valence-electron chi connectivity index (χ1n) is 7.31. The molecule has 1 aromatic carbocycles. The molecule has 0 fully saturated rings. The average molecular weight is 307 g/mol. The first-order valence-corrected chi connectivity index (χ1v) is 7.31. The Hall–Kier alpha value is -2.95. The lowest BCUT2D eigenvalue weighted by molar-refractivity contribution is 0.0734. The van der Waals surface area contributed by atoms with Crippen molar-refractivity contribution in [2.24, 2.45) is 0 Å². The second-order valence-electron chi connectivity index (χ2n) is 5.46. The number of aromatic nitrogens is 3. The van der Waals surface area contributed by atoms with E-state index < -0.39 is 5.97 Å². The standard InChI is InChI=1S/C18H17N3O2/c1-12-8-13(2)10-15(9-12)23-18(22)16-11-20-21(14(16)3)17-6-4-5-7-19-17/h4-11H,1-3H3. The molecule has 0 N–H and O–H groups in total. The number of ether oxygens (including phenoxy) is 1. The van der Waals surface area contributed by atoms with Crippen molar-refractivity contribution in [3.05, 3.63) is 71.2 Å². The van der Waals surface area contributed by atoms with E-state index in [9.17, 15) is 4.79 Å². The Morgan fingerprint density at radius 1 is 1.09 bits per heavy atom. The Labute approximate surface area is 134 Å². The third-order valence-corrected chi connectivity index (χ3v) is 3.50. The Morgan fingerprint density at radius 3 is 2.48 bits per heavy atom. The molecular formula is C18H17N3O2. The molecule has 0 aliphatic rings. The second-order valence-corrected chi connectivity index (χ2v) is 5.46. The average Bonchev–Trinajstić information content (AvgIpc) is 2.89. The highest BCUT2D eigenvalue weighted by molar-refractivity contribution is 5.92. The van der Waals surface area contributed by atoms with Gasteiger partial charge in [-0.25, -0.2) is 14.5 Å². The predicted molar refractivity (Wildman–Crippen MR) is 87.0 cm³/mol. The van der Waals surface area contributed by atoms with Crippen molar-refractivity contribution in [3.63, 3.8) is 0 Å². The van der Waals surface area contributed by atoms with Gasteiger partial charge in [0.25, 0.3) is 0 Å². The molecule has 5 heteroatoms. The summed E-state index contributed by atoms with van der Waals surface area (Å²) in [6.07, 6.45) is 3.19. The summed E-state index contributed by atoms with van der Waals surface area (Å²) in [5.74, 6) is 0.780. The van der Waals surface area contributed by atoms with E-state index in [1.165, 1.54) is 6.20 Å². The SMILES string of the molecule is Cc1cc(C)cc(OC(=O)c2cnn(-c3ccccn3)c2C)c1. The van der Waals surface area contributed by atoms with Gasteiger partial charge in [-0.15, -0.1) is 0 Å². The zero-order chi connectivity index (χ0) is 16.4. The summed E-state index contributed by atoms with van der Waals surface area (Å²) in [5.41, 5.74) is 3.22. The van der Waals surface area contributed by atoms with Gasteiger partial charge in [0.05, 0.1) is 11.9 Å². The van der Waals surface area contributed by atoms with Gasteiger partial charge in [0.2, 0.25) is 0 Å². The van der Waals surface area contributed by atoms with E-state index in [4.69, 9.17) is 4.74 Å². The van der Waals surface area contributed by atoms with Crippen LogP contribution in [0, 0.1) is 20.8 Å². The lowest BCUT2D eigenvalue weighted by Gasteiger charge is -2.07. The molecule has 0 spiro atoms. The molecule has 5 nitrogen and oxygen atoms in total. The third kappa shape index (κ3) is 3.13. The number of carbonyl (C=O) groups is 1. The fourth-order valence-corrected chi connectivity index (χ4v) is 2.47. The number of benzene rings is 1. The molecule has 0 bridgehead atoms. The third-order valence-electron chi connectivity index (χ3n) is 3.50. The minimum atomic E-state index is -0.422. The highest BCUT2D eigenvalue weighted by atomic mass is 16.5. The van der Waals surface area contributed by atoms with Crippen molar-refractivity contribution in [1.29, 1.82) is 0 Å². The summed E-state index contributed by atoms with van der Waals surface area (Å²) in [7, 11) is 0. The molecule has 0 saturated heterocycles. The Morgan fingerprint density at radius 2 is 1.83 bits per heavy atom. The number of hydrogen-bond donors (Lipinski definition) is 0. The van der Waals surface area contributed by atoms with Crippen molar-refractivity contribution in [1.82, 2.24) is 14.8 Å². The van der Waals surface area contributed by atoms with E-state index in [2.05, 4.69) is 10.1 Å². The van der Waals surface area contributed by atoms with Gasteiger partial charge in [-0.3, -0.25) is 0 Å². The number of rotatable bonds is 3. The first-order chi connectivity index (χ1) is 11.0. The van der Waals surface area contributed by atoms with E-state index >= 15 is 0 Å². The molecule has 0 saturated carbocycles. The summed E-state index contributed by atoms with van der Waals surface area (Å²) in [5, 5.41) is 4.24. The van der Waals surface area contributed by atoms with Crippen LogP contribution >= 0.6 is 0 Å². The van der Waals surface area contributed by atoms with Gasteiger partial charge in [0.1, 0.15) is 11.3 Å². The topological polar surface area (TPSA) is 57.0 Å². The minimum absolute atomic E-state index is 0.422. The van der Waals surface area contributed by atoms with E-state index in [0.717, 1.165) is 11.1 Å². The molecule has 0 aliphatic carbocycles. The maximum absolute atomic E-state index is 12.4. The van der Waals surface area contributed by atoms with E-state index in [1.54, 1.807) is 10.9 Å². The Bertz CT molecular complexity index is 834. The molecule has 3 aromatic rings. The van der Waals surface area contributed by atoms with Crippen LogP contribution in [0.1, 0.15) is 27.2 Å². The van der Waals surface area contributed by atoms with Gasteiger partial charge in [-0.2, -0.15) is 5.10 Å². The number of pyridine rings is 1. The second kappa shape index (κ2) is 6.04. The van der Waals surface area contributed by atoms with Gasteiger partial charge in [-0.1, -0.05) is 12.1 Å². The summed E-state index contributed by atoms with van der Waals surface area (Å²) in [4.78, 5) is 16.6. The molecular weight excluding hydrogens is 290 g/mol. The Balaban J connectivity index is 1.87. The number of hydrogen-bond acceptors (Lipinski definition) is 4. The fraction of sp³-hybridized carbons (Fsp3) is 0.167. The molecule has 0 atom stereocenters. The van der Waals surface area contributed by atoms with Gasteiger partial charge in [0, 0.05) is 6.20 Å². The van der Waals surface area contributed by atoms with E-state index in [0.29, 0.717) is 22.8 Å². The normalized spacial score (nSPS) is 10.6. The van der Waals surface area contributed by atoms with Crippen LogP contribution in [0.5, 0.6) is 5.75 Å². The largest absolute Gasteiger partial charge is 0.423 e. The molecule has 0 aliphatic heterocycles. The minimum Gasteiger partial charge on any atom is -0.423 e. The van der Waals surface area contributed by atoms with Gasteiger partial charge < -0.3 is 4.74 Å². The predicted octanol–water partition coefficient (Wildman–Crippen LogP) is 3.41. The van der Waals surface area contributed by atoms with E-state index in [1.807, 2.05) is 57.2 Å². The maximum Gasteiger partial charge on any atom is 0.347 e. The van der Waals surface area contributed by atoms with Crippen LogP contribution in [0.2, 0.25) is 0 Å². The monoisotopic (exact) mass is 307 g/mol. The number of carbonyl (C=O) groups excluding carboxylic acids is 1. The van der Waals surface area contributed by atoms with E-state index in [-0.39, 0.29) is 0 Å². The molecule has 116 valence electrons. The molecule has 23 heavy (non-hydrogen) atoms. The lowest BCUT2D eigenvalue weighted by atomic mass is 10.1. The zero-order valence-corrected chi connectivity index (χ0v) is 13.3. The van der Waals surface area contributed by atoms with Gasteiger partial charge in [0.15, 0.2) is 5.82 Å². The molecule has 0 amide bonds. The zero-order valence-electron chi connectivity index (χ0n) is 13.3. The Kier molecular flexibility index (Phi) is 3.93. The van der Waals surface area contributed by atoms with Crippen LogP contribution < -0.4 is 4.74 Å². The summed E-state index contributed by atoms with van der Waals surface area (Å²) in [6, 6.07) is 11.2. The smallest absolute Gasteiger partial charge is 0.347 e.